The van der Waals surface area contributed by atoms with Gasteiger partial charge in [0, 0.05) is 5.54 Å². The van der Waals surface area contributed by atoms with Gasteiger partial charge in [-0.05, 0) is 38.5 Å². The summed E-state index contributed by atoms with van der Waals surface area (Å²) < 4.78 is 51.3. The van der Waals surface area contributed by atoms with Gasteiger partial charge in [0.1, 0.15) is 5.67 Å². The van der Waals surface area contributed by atoms with Gasteiger partial charge in [-0.25, -0.2) is 4.39 Å². The molecular formula is C12H15F4N. The zero-order valence-electron chi connectivity index (χ0n) is 9.90. The van der Waals surface area contributed by atoms with Crippen LogP contribution in [0.15, 0.2) is 24.3 Å². The number of nitrogens with two attached hydrogens (primary N) is 1. The summed E-state index contributed by atoms with van der Waals surface area (Å²) >= 11 is 0. The van der Waals surface area contributed by atoms with E-state index in [0.29, 0.717) is 0 Å². The summed E-state index contributed by atoms with van der Waals surface area (Å²) in [6.07, 6.45) is -4.41. The molecule has 1 unspecified atom stereocenters. The number of hydrogen-bond acceptors (Lipinski definition) is 1. The fraction of sp³-hybridized carbons (Fsp3) is 0.500. The molecule has 1 aromatic rings. The van der Waals surface area contributed by atoms with Crippen molar-refractivity contribution in [2.45, 2.75) is 38.2 Å². The molecule has 0 bridgehead atoms. The number of halogens is 4. The third-order valence-corrected chi connectivity index (χ3v) is 2.96. The van der Waals surface area contributed by atoms with Gasteiger partial charge in [0.2, 0.25) is 0 Å². The van der Waals surface area contributed by atoms with Crippen LogP contribution in [0.25, 0.3) is 0 Å². The highest BCUT2D eigenvalue weighted by molar-refractivity contribution is 5.30. The van der Waals surface area contributed by atoms with Gasteiger partial charge >= 0.3 is 6.18 Å². The molecule has 0 heterocycles. The molecule has 0 amide bonds. The minimum Gasteiger partial charge on any atom is -0.323 e. The Morgan fingerprint density at radius 2 is 1.18 bits per heavy atom. The van der Waals surface area contributed by atoms with E-state index < -0.39 is 22.9 Å². The largest absolute Gasteiger partial charge is 0.416 e. The molecular weight excluding hydrogens is 234 g/mol. The topological polar surface area (TPSA) is 26.0 Å². The minimum atomic E-state index is -4.41. The van der Waals surface area contributed by atoms with Crippen LogP contribution in [-0.4, -0.2) is 5.54 Å². The van der Waals surface area contributed by atoms with Crippen LogP contribution in [0.4, 0.5) is 17.6 Å². The highest BCUT2D eigenvalue weighted by atomic mass is 19.4. The summed E-state index contributed by atoms with van der Waals surface area (Å²) in [7, 11) is 0. The van der Waals surface area contributed by atoms with Gasteiger partial charge in [-0.3, -0.25) is 0 Å². The van der Waals surface area contributed by atoms with Gasteiger partial charge in [0.15, 0.2) is 0 Å². The van der Waals surface area contributed by atoms with Crippen molar-refractivity contribution >= 4 is 0 Å². The first-order chi connectivity index (χ1) is 7.46. The first kappa shape index (κ1) is 14.0. The van der Waals surface area contributed by atoms with Crippen molar-refractivity contribution in [3.8, 4) is 0 Å². The summed E-state index contributed by atoms with van der Waals surface area (Å²) in [4.78, 5) is 0. The van der Waals surface area contributed by atoms with Crippen LogP contribution in [-0.2, 0) is 11.8 Å². The van der Waals surface area contributed by atoms with Crippen molar-refractivity contribution in [1.29, 1.82) is 0 Å². The quantitative estimate of drug-likeness (QED) is 0.796. The molecule has 1 nitrogen and oxygen atoms in total. The summed E-state index contributed by atoms with van der Waals surface area (Å²) in [6, 6.07) is 3.96. The van der Waals surface area contributed by atoms with Gasteiger partial charge in [-0.2, -0.15) is 13.2 Å². The van der Waals surface area contributed by atoms with Gasteiger partial charge < -0.3 is 5.73 Å². The molecule has 17 heavy (non-hydrogen) atoms. The second-order valence-corrected chi connectivity index (χ2v) is 4.80. The van der Waals surface area contributed by atoms with E-state index in [9.17, 15) is 17.6 Å². The normalized spacial score (nSPS) is 16.7. The van der Waals surface area contributed by atoms with Crippen molar-refractivity contribution < 1.29 is 17.6 Å². The molecule has 1 aromatic carbocycles. The first-order valence-corrected chi connectivity index (χ1v) is 5.12. The predicted molar refractivity (Wildman–Crippen MR) is 58.2 cm³/mol. The average Bonchev–Trinajstić information content (AvgIpc) is 2.15. The maximum atomic E-state index is 14.4. The lowest BCUT2D eigenvalue weighted by atomic mass is 9.81. The zero-order valence-corrected chi connectivity index (χ0v) is 9.90. The summed E-state index contributed by atoms with van der Waals surface area (Å²) in [5, 5.41) is 0. The zero-order chi connectivity index (χ0) is 13.5. The maximum Gasteiger partial charge on any atom is 0.416 e. The molecule has 0 aliphatic carbocycles. The van der Waals surface area contributed by atoms with E-state index in [1.54, 1.807) is 0 Å². The molecule has 0 fully saturated rings. The van der Waals surface area contributed by atoms with Crippen LogP contribution >= 0.6 is 0 Å². The molecule has 1 rings (SSSR count). The Kier molecular flexibility index (Phi) is 3.27. The predicted octanol–water partition coefficient (Wildman–Crippen LogP) is 3.63. The first-order valence-electron chi connectivity index (χ1n) is 5.12. The van der Waals surface area contributed by atoms with E-state index in [1.807, 2.05) is 0 Å². The standard InChI is InChI=1S/C12H15F4N/c1-10(2,17)11(3,13)8-4-6-9(7-5-8)12(14,15)16/h4-7H,17H2,1-3H3. The molecule has 0 aliphatic heterocycles. The van der Waals surface area contributed by atoms with E-state index in [1.165, 1.54) is 20.8 Å². The molecule has 0 aromatic heterocycles. The van der Waals surface area contributed by atoms with Crippen LogP contribution in [0, 0.1) is 0 Å². The fourth-order valence-electron chi connectivity index (χ4n) is 1.34. The van der Waals surface area contributed by atoms with Gasteiger partial charge in [0.05, 0.1) is 5.56 Å². The van der Waals surface area contributed by atoms with E-state index in [4.69, 9.17) is 5.73 Å². The lowest BCUT2D eigenvalue weighted by Gasteiger charge is -2.34. The Bertz CT molecular complexity index is 384. The fourth-order valence-corrected chi connectivity index (χ4v) is 1.34. The third-order valence-electron chi connectivity index (χ3n) is 2.96. The van der Waals surface area contributed by atoms with Crippen LogP contribution in [0.5, 0.6) is 0 Å². The Balaban J connectivity index is 3.12. The van der Waals surface area contributed by atoms with E-state index in [0.717, 1.165) is 24.3 Å². The SMILES string of the molecule is CC(C)(N)C(C)(F)c1ccc(C(F)(F)F)cc1. The van der Waals surface area contributed by atoms with Crippen LogP contribution in [0.3, 0.4) is 0 Å². The molecule has 0 saturated heterocycles. The smallest absolute Gasteiger partial charge is 0.323 e. The molecule has 96 valence electrons. The molecule has 0 aliphatic rings. The van der Waals surface area contributed by atoms with Crippen LogP contribution in [0.2, 0.25) is 0 Å². The number of alkyl halides is 4. The molecule has 1 atom stereocenters. The summed E-state index contributed by atoms with van der Waals surface area (Å²) in [5.74, 6) is 0. The molecule has 2 N–H and O–H groups in total. The lowest BCUT2D eigenvalue weighted by molar-refractivity contribution is -0.137. The molecule has 0 saturated carbocycles. The monoisotopic (exact) mass is 249 g/mol. The third kappa shape index (κ3) is 2.77. The van der Waals surface area contributed by atoms with Crippen molar-refractivity contribution in [2.24, 2.45) is 5.73 Å². The van der Waals surface area contributed by atoms with E-state index in [-0.39, 0.29) is 5.56 Å². The molecule has 0 radical (unpaired) electrons. The van der Waals surface area contributed by atoms with Crippen molar-refractivity contribution in [1.82, 2.24) is 0 Å². The maximum absolute atomic E-state index is 14.4. The highest BCUT2D eigenvalue weighted by Gasteiger charge is 2.40. The van der Waals surface area contributed by atoms with Crippen molar-refractivity contribution in [2.75, 3.05) is 0 Å². The number of rotatable bonds is 2. The van der Waals surface area contributed by atoms with Crippen LogP contribution in [0.1, 0.15) is 31.9 Å². The number of benzene rings is 1. The second kappa shape index (κ2) is 3.98. The molecule has 0 spiro atoms. The Hall–Kier alpha value is -1.10. The van der Waals surface area contributed by atoms with Crippen molar-refractivity contribution in [3.05, 3.63) is 35.4 Å². The Labute approximate surface area is 97.6 Å². The lowest BCUT2D eigenvalue weighted by Crippen LogP contribution is -2.49. The molecule has 5 heteroatoms. The number of hydrogen-bond donors (Lipinski definition) is 1. The summed E-state index contributed by atoms with van der Waals surface area (Å²) in [6.45, 7) is 4.24. The van der Waals surface area contributed by atoms with E-state index in [2.05, 4.69) is 0 Å². The average molecular weight is 249 g/mol. The van der Waals surface area contributed by atoms with Crippen molar-refractivity contribution in [3.63, 3.8) is 0 Å². The van der Waals surface area contributed by atoms with Gasteiger partial charge in [-0.15, -0.1) is 0 Å². The van der Waals surface area contributed by atoms with Crippen LogP contribution < -0.4 is 5.73 Å². The highest BCUT2D eigenvalue weighted by Crippen LogP contribution is 2.36. The van der Waals surface area contributed by atoms with E-state index >= 15 is 0 Å². The minimum absolute atomic E-state index is 0.137. The Morgan fingerprint density at radius 3 is 1.47 bits per heavy atom. The Morgan fingerprint density at radius 1 is 0.824 bits per heavy atom. The summed E-state index contributed by atoms with van der Waals surface area (Å²) in [5.41, 5.74) is 1.94. The van der Waals surface area contributed by atoms with Gasteiger partial charge in [0.25, 0.3) is 0 Å². The van der Waals surface area contributed by atoms with Gasteiger partial charge in [-0.1, -0.05) is 12.1 Å². The second-order valence-electron chi connectivity index (χ2n) is 4.80.